The Morgan fingerprint density at radius 2 is 2.00 bits per heavy atom. The summed E-state index contributed by atoms with van der Waals surface area (Å²) >= 11 is 0. The maximum atomic E-state index is 12.5. The van der Waals surface area contributed by atoms with Crippen molar-refractivity contribution >= 4 is 11.9 Å². The van der Waals surface area contributed by atoms with Gasteiger partial charge in [0.25, 0.3) is 0 Å². The van der Waals surface area contributed by atoms with Crippen LogP contribution in [0.5, 0.6) is 11.5 Å². The summed E-state index contributed by atoms with van der Waals surface area (Å²) in [6.07, 6.45) is 3.52. The largest absolute Gasteiger partial charge is 0.490 e. The molecule has 2 aliphatic rings. The van der Waals surface area contributed by atoms with E-state index < -0.39 is 11.4 Å². The summed E-state index contributed by atoms with van der Waals surface area (Å²) in [7, 11) is 0. The van der Waals surface area contributed by atoms with E-state index in [1.54, 1.807) is 4.90 Å². The van der Waals surface area contributed by atoms with Gasteiger partial charge in [0.05, 0.1) is 18.6 Å². The van der Waals surface area contributed by atoms with Crippen LogP contribution in [0.3, 0.4) is 0 Å². The fraction of sp³-hybridized carbons (Fsp3) is 0.600. The van der Waals surface area contributed by atoms with Crippen LogP contribution in [0.25, 0.3) is 0 Å². The third-order valence-electron chi connectivity index (χ3n) is 5.59. The van der Waals surface area contributed by atoms with Gasteiger partial charge in [0.2, 0.25) is 5.91 Å². The molecule has 1 aliphatic carbocycles. The summed E-state index contributed by atoms with van der Waals surface area (Å²) in [4.78, 5) is 25.9. The summed E-state index contributed by atoms with van der Waals surface area (Å²) < 4.78 is 11.3. The highest BCUT2D eigenvalue weighted by atomic mass is 16.5. The number of rotatable bonds is 8. The minimum atomic E-state index is -0.744. The van der Waals surface area contributed by atoms with Gasteiger partial charge in [-0.05, 0) is 44.2 Å². The molecule has 6 heteroatoms. The van der Waals surface area contributed by atoms with Gasteiger partial charge in [-0.2, -0.15) is 0 Å². The lowest BCUT2D eigenvalue weighted by Gasteiger charge is -2.23. The number of para-hydroxylation sites is 2. The Morgan fingerprint density at radius 1 is 1.27 bits per heavy atom. The number of nitrogens with zero attached hydrogens (tertiary/aromatic N) is 1. The van der Waals surface area contributed by atoms with E-state index >= 15 is 0 Å². The average Bonchev–Trinajstić information content (AvgIpc) is 3.18. The molecule has 1 saturated heterocycles. The predicted octanol–water partition coefficient (Wildman–Crippen LogP) is 2.96. The van der Waals surface area contributed by atoms with Gasteiger partial charge >= 0.3 is 5.97 Å². The Kier molecular flexibility index (Phi) is 5.69. The number of aliphatic carboxylic acids is 1. The van der Waals surface area contributed by atoms with Gasteiger partial charge in [0, 0.05) is 19.5 Å². The first-order valence-electron chi connectivity index (χ1n) is 9.42. The lowest BCUT2D eigenvalue weighted by atomic mass is 9.81. The van der Waals surface area contributed by atoms with Crippen molar-refractivity contribution in [3.05, 3.63) is 24.3 Å². The smallest absolute Gasteiger partial charge is 0.311 e. The Balaban J connectivity index is 1.46. The number of likely N-dealkylation sites (tertiary alicyclic amines) is 1. The summed E-state index contributed by atoms with van der Waals surface area (Å²) in [6.45, 7) is 3.86. The molecule has 2 fully saturated rings. The SMILES string of the molecule is CCOc1ccccc1OCCCC(=O)N1C[C@@H]2CCC[C@@]2(C(=O)O)C1. The van der Waals surface area contributed by atoms with Crippen molar-refractivity contribution in [2.45, 2.75) is 39.0 Å². The molecule has 0 unspecified atom stereocenters. The summed E-state index contributed by atoms with van der Waals surface area (Å²) in [5.74, 6) is 0.783. The molecule has 2 atom stereocenters. The van der Waals surface area contributed by atoms with Crippen molar-refractivity contribution in [3.63, 3.8) is 0 Å². The van der Waals surface area contributed by atoms with Crippen molar-refractivity contribution in [1.29, 1.82) is 0 Å². The molecular weight excluding hydrogens is 334 g/mol. The van der Waals surface area contributed by atoms with E-state index in [0.29, 0.717) is 57.1 Å². The van der Waals surface area contributed by atoms with Crippen molar-refractivity contribution < 1.29 is 24.2 Å². The van der Waals surface area contributed by atoms with Crippen molar-refractivity contribution in [2.75, 3.05) is 26.3 Å². The number of amides is 1. The Morgan fingerprint density at radius 3 is 2.65 bits per heavy atom. The van der Waals surface area contributed by atoms with E-state index in [-0.39, 0.29) is 11.8 Å². The third-order valence-corrected chi connectivity index (χ3v) is 5.59. The molecule has 1 aliphatic heterocycles. The number of carbonyl (C=O) groups excluding carboxylic acids is 1. The van der Waals surface area contributed by atoms with Crippen LogP contribution in [0.4, 0.5) is 0 Å². The first-order chi connectivity index (χ1) is 12.6. The number of benzene rings is 1. The minimum Gasteiger partial charge on any atom is -0.490 e. The van der Waals surface area contributed by atoms with E-state index in [2.05, 4.69) is 0 Å². The van der Waals surface area contributed by atoms with Crippen LogP contribution in [0.1, 0.15) is 39.0 Å². The quantitative estimate of drug-likeness (QED) is 0.721. The van der Waals surface area contributed by atoms with Crippen LogP contribution in [0.2, 0.25) is 0 Å². The molecule has 0 radical (unpaired) electrons. The number of hydrogen-bond donors (Lipinski definition) is 1. The zero-order valence-electron chi connectivity index (χ0n) is 15.3. The fourth-order valence-corrected chi connectivity index (χ4v) is 4.24. The van der Waals surface area contributed by atoms with Crippen LogP contribution < -0.4 is 9.47 Å². The molecule has 1 saturated carbocycles. The van der Waals surface area contributed by atoms with Gasteiger partial charge in [-0.15, -0.1) is 0 Å². The van der Waals surface area contributed by atoms with E-state index in [1.807, 2.05) is 31.2 Å². The number of ether oxygens (including phenoxy) is 2. The average molecular weight is 361 g/mol. The first kappa shape index (κ1) is 18.5. The number of hydrogen-bond acceptors (Lipinski definition) is 4. The van der Waals surface area contributed by atoms with Crippen LogP contribution in [-0.2, 0) is 9.59 Å². The van der Waals surface area contributed by atoms with Gasteiger partial charge in [-0.3, -0.25) is 9.59 Å². The lowest BCUT2D eigenvalue weighted by Crippen LogP contribution is -2.37. The standard InChI is InChI=1S/C20H27NO5/c1-2-25-16-8-3-4-9-17(16)26-12-6-10-18(22)21-13-15-7-5-11-20(15,14-21)19(23)24/h3-4,8-9,15H,2,5-7,10-14H2,1H3,(H,23,24)/t15-,20+/m0/s1. The maximum Gasteiger partial charge on any atom is 0.311 e. The second kappa shape index (κ2) is 7.98. The molecule has 1 amide bonds. The molecule has 1 N–H and O–H groups in total. The summed E-state index contributed by atoms with van der Waals surface area (Å²) in [5.41, 5.74) is -0.706. The van der Waals surface area contributed by atoms with Gasteiger partial charge in [-0.1, -0.05) is 18.6 Å². The molecule has 142 valence electrons. The topological polar surface area (TPSA) is 76.1 Å². The highest BCUT2D eigenvalue weighted by molar-refractivity contribution is 5.81. The molecule has 26 heavy (non-hydrogen) atoms. The molecule has 0 aromatic heterocycles. The second-order valence-electron chi connectivity index (χ2n) is 7.16. The van der Waals surface area contributed by atoms with E-state index in [4.69, 9.17) is 9.47 Å². The number of carboxylic acids is 1. The first-order valence-corrected chi connectivity index (χ1v) is 9.42. The van der Waals surface area contributed by atoms with Gasteiger partial charge in [-0.25, -0.2) is 0 Å². The molecule has 6 nitrogen and oxygen atoms in total. The Labute approximate surface area is 154 Å². The molecule has 3 rings (SSSR count). The molecule has 1 aromatic carbocycles. The third kappa shape index (κ3) is 3.64. The predicted molar refractivity (Wildman–Crippen MR) is 96.3 cm³/mol. The van der Waals surface area contributed by atoms with Gasteiger partial charge < -0.3 is 19.5 Å². The maximum absolute atomic E-state index is 12.5. The van der Waals surface area contributed by atoms with Crippen LogP contribution in [0.15, 0.2) is 24.3 Å². The van der Waals surface area contributed by atoms with Crippen molar-refractivity contribution in [1.82, 2.24) is 4.90 Å². The zero-order chi connectivity index (χ0) is 18.6. The second-order valence-corrected chi connectivity index (χ2v) is 7.16. The minimum absolute atomic E-state index is 0.0294. The monoisotopic (exact) mass is 361 g/mol. The number of carbonyl (C=O) groups is 2. The molecule has 0 spiro atoms. The number of fused-ring (bicyclic) bond motifs is 1. The van der Waals surface area contributed by atoms with E-state index in [0.717, 1.165) is 12.8 Å². The molecule has 0 bridgehead atoms. The van der Waals surface area contributed by atoms with Crippen LogP contribution >= 0.6 is 0 Å². The highest BCUT2D eigenvalue weighted by Crippen LogP contribution is 2.49. The Hall–Kier alpha value is -2.24. The fourth-order valence-electron chi connectivity index (χ4n) is 4.24. The van der Waals surface area contributed by atoms with Gasteiger partial charge in [0.15, 0.2) is 11.5 Å². The Bertz CT molecular complexity index is 661. The molecule has 1 aromatic rings. The summed E-state index contributed by atoms with van der Waals surface area (Å²) in [5, 5.41) is 9.61. The van der Waals surface area contributed by atoms with Crippen molar-refractivity contribution in [2.24, 2.45) is 11.3 Å². The molecule has 1 heterocycles. The van der Waals surface area contributed by atoms with E-state index in [1.165, 1.54) is 0 Å². The normalized spacial score (nSPS) is 24.3. The zero-order valence-corrected chi connectivity index (χ0v) is 15.3. The van der Waals surface area contributed by atoms with Crippen LogP contribution in [0, 0.1) is 11.3 Å². The highest BCUT2D eigenvalue weighted by Gasteiger charge is 2.55. The lowest BCUT2D eigenvalue weighted by molar-refractivity contribution is -0.149. The van der Waals surface area contributed by atoms with Crippen LogP contribution in [-0.4, -0.2) is 48.2 Å². The summed E-state index contributed by atoms with van der Waals surface area (Å²) in [6, 6.07) is 7.49. The number of carboxylic acid groups (broad SMARTS) is 1. The van der Waals surface area contributed by atoms with E-state index in [9.17, 15) is 14.7 Å². The van der Waals surface area contributed by atoms with Gasteiger partial charge in [0.1, 0.15) is 0 Å². The molecular formula is C20H27NO5. The van der Waals surface area contributed by atoms with Crippen molar-refractivity contribution in [3.8, 4) is 11.5 Å².